The van der Waals surface area contributed by atoms with Crippen molar-refractivity contribution in [2.45, 2.75) is 127 Å². The monoisotopic (exact) mass is 461 g/mol. The first-order chi connectivity index (χ1) is 15.4. The van der Waals surface area contributed by atoms with E-state index >= 15 is 0 Å². The summed E-state index contributed by atoms with van der Waals surface area (Å²) >= 11 is 0. The molecule has 0 bridgehead atoms. The van der Waals surface area contributed by atoms with Gasteiger partial charge in [0.15, 0.2) is 6.29 Å². The zero-order chi connectivity index (χ0) is 23.8. The highest BCUT2D eigenvalue weighted by molar-refractivity contribution is 4.94. The normalized spacial score (nSPS) is 28.3. The highest BCUT2D eigenvalue weighted by atomic mass is 16.7. The molecule has 2 unspecified atom stereocenters. The van der Waals surface area contributed by atoms with E-state index < -0.39 is 49.5 Å². The van der Waals surface area contributed by atoms with Gasteiger partial charge in [-0.2, -0.15) is 0 Å². The molecule has 8 heteroatoms. The van der Waals surface area contributed by atoms with Gasteiger partial charge < -0.3 is 40.7 Å². The van der Waals surface area contributed by atoms with E-state index in [-0.39, 0.29) is 6.61 Å². The number of nitrogens with two attached hydrogens (primary N) is 1. The lowest BCUT2D eigenvalue weighted by Crippen LogP contribution is -2.59. The molecule has 1 aliphatic rings. The van der Waals surface area contributed by atoms with Gasteiger partial charge in [0, 0.05) is 0 Å². The number of hydrogen-bond acceptors (Lipinski definition) is 8. The maximum Gasteiger partial charge on any atom is 0.186 e. The average Bonchev–Trinajstić information content (AvgIpc) is 2.79. The molecule has 190 valence electrons. The molecule has 1 aliphatic heterocycles. The molecule has 0 aromatic heterocycles. The number of aliphatic hydroxyl groups excluding tert-OH is 5. The van der Waals surface area contributed by atoms with Crippen LogP contribution in [0.15, 0.2) is 12.2 Å². The summed E-state index contributed by atoms with van der Waals surface area (Å²) in [6.45, 7) is 1.60. The Morgan fingerprint density at radius 1 is 0.875 bits per heavy atom. The largest absolute Gasteiger partial charge is 0.394 e. The fourth-order valence-corrected chi connectivity index (χ4v) is 3.81. The molecule has 0 aromatic rings. The lowest BCUT2D eigenvalue weighted by atomic mass is 9.99. The van der Waals surface area contributed by atoms with Crippen molar-refractivity contribution in [2.75, 3.05) is 13.2 Å². The summed E-state index contributed by atoms with van der Waals surface area (Å²) in [6.07, 6.45) is 11.1. The fourth-order valence-electron chi connectivity index (χ4n) is 3.81. The zero-order valence-electron chi connectivity index (χ0n) is 19.7. The van der Waals surface area contributed by atoms with Crippen LogP contribution in [0.3, 0.4) is 0 Å². The van der Waals surface area contributed by atoms with E-state index in [4.69, 9.17) is 15.2 Å². The molecule has 1 saturated heterocycles. The Morgan fingerprint density at radius 3 is 2.00 bits per heavy atom. The SMILES string of the molecule is CCCCCCCCCCCCC/C=C/C(O)C(N)CO[C@H]1O[C@H](CO)[C@H](O)[C@H](O)[C@H]1O. The van der Waals surface area contributed by atoms with Crippen LogP contribution in [0.2, 0.25) is 0 Å². The number of ether oxygens (including phenoxy) is 2. The predicted molar refractivity (Wildman–Crippen MR) is 124 cm³/mol. The van der Waals surface area contributed by atoms with Gasteiger partial charge in [0.2, 0.25) is 0 Å². The van der Waals surface area contributed by atoms with Crippen molar-refractivity contribution in [1.29, 1.82) is 0 Å². The Kier molecular flexibility index (Phi) is 16.4. The molecular weight excluding hydrogens is 414 g/mol. The van der Waals surface area contributed by atoms with Crippen molar-refractivity contribution in [3.05, 3.63) is 12.2 Å². The topological polar surface area (TPSA) is 146 Å². The standard InChI is InChI=1S/C24H47NO7/c1-2-3-4-5-6-7-8-9-10-11-12-13-14-15-19(27)18(25)17-31-24-23(30)22(29)21(28)20(16-26)32-24/h14-15,18-24,26-30H,2-13,16-17,25H2,1H3/b15-14+/t18?,19?,20-,21+,22+,23-,24+/m1/s1. The van der Waals surface area contributed by atoms with Crippen molar-refractivity contribution in [1.82, 2.24) is 0 Å². The highest BCUT2D eigenvalue weighted by Gasteiger charge is 2.44. The third kappa shape index (κ3) is 11.5. The van der Waals surface area contributed by atoms with Crippen molar-refractivity contribution < 1.29 is 35.0 Å². The number of rotatable bonds is 18. The Balaban J connectivity index is 2.10. The molecule has 32 heavy (non-hydrogen) atoms. The second-order valence-corrected chi connectivity index (χ2v) is 8.94. The van der Waals surface area contributed by atoms with Crippen LogP contribution in [-0.4, -0.2) is 81.6 Å². The minimum Gasteiger partial charge on any atom is -0.394 e. The van der Waals surface area contributed by atoms with Crippen molar-refractivity contribution in [2.24, 2.45) is 5.73 Å². The summed E-state index contributed by atoms with van der Waals surface area (Å²) in [6, 6.07) is -0.740. The minimum absolute atomic E-state index is 0.118. The van der Waals surface area contributed by atoms with Gasteiger partial charge in [-0.25, -0.2) is 0 Å². The molecule has 0 spiro atoms. The second-order valence-electron chi connectivity index (χ2n) is 8.94. The van der Waals surface area contributed by atoms with Gasteiger partial charge in [0.1, 0.15) is 24.4 Å². The van der Waals surface area contributed by atoms with Crippen molar-refractivity contribution in [3.63, 3.8) is 0 Å². The Bertz CT molecular complexity index is 477. The molecule has 7 N–H and O–H groups in total. The van der Waals surface area contributed by atoms with Crippen LogP contribution < -0.4 is 5.73 Å². The van der Waals surface area contributed by atoms with Crippen LogP contribution in [0.4, 0.5) is 0 Å². The summed E-state index contributed by atoms with van der Waals surface area (Å²) in [4.78, 5) is 0. The van der Waals surface area contributed by atoms with Crippen LogP contribution in [0.1, 0.15) is 84.0 Å². The van der Waals surface area contributed by atoms with Crippen LogP contribution in [0, 0.1) is 0 Å². The van der Waals surface area contributed by atoms with E-state index in [0.717, 1.165) is 12.8 Å². The molecule has 1 rings (SSSR count). The van der Waals surface area contributed by atoms with Gasteiger partial charge in [-0.3, -0.25) is 0 Å². The van der Waals surface area contributed by atoms with E-state index in [1.54, 1.807) is 6.08 Å². The smallest absolute Gasteiger partial charge is 0.186 e. The Morgan fingerprint density at radius 2 is 1.44 bits per heavy atom. The quantitative estimate of drug-likeness (QED) is 0.134. The zero-order valence-corrected chi connectivity index (χ0v) is 19.7. The van der Waals surface area contributed by atoms with E-state index in [0.29, 0.717) is 0 Å². The third-order valence-corrected chi connectivity index (χ3v) is 6.05. The molecule has 0 aliphatic carbocycles. The fraction of sp³-hybridized carbons (Fsp3) is 0.917. The number of unbranched alkanes of at least 4 members (excludes halogenated alkanes) is 11. The van der Waals surface area contributed by atoms with Gasteiger partial charge in [-0.15, -0.1) is 0 Å². The summed E-state index contributed by atoms with van der Waals surface area (Å²) < 4.78 is 10.6. The molecule has 1 heterocycles. The van der Waals surface area contributed by atoms with Crippen LogP contribution >= 0.6 is 0 Å². The summed E-state index contributed by atoms with van der Waals surface area (Å²) in [5.41, 5.74) is 5.93. The predicted octanol–water partition coefficient (Wildman–Crippen LogP) is 1.75. The third-order valence-electron chi connectivity index (χ3n) is 6.05. The maximum absolute atomic E-state index is 10.2. The first kappa shape index (κ1) is 29.5. The average molecular weight is 462 g/mol. The van der Waals surface area contributed by atoms with Gasteiger partial charge in [0.05, 0.1) is 25.4 Å². The van der Waals surface area contributed by atoms with Crippen LogP contribution in [0.5, 0.6) is 0 Å². The van der Waals surface area contributed by atoms with Crippen LogP contribution in [-0.2, 0) is 9.47 Å². The first-order valence-corrected chi connectivity index (χ1v) is 12.4. The molecule has 0 saturated carbocycles. The lowest BCUT2D eigenvalue weighted by Gasteiger charge is -2.39. The molecular formula is C24H47NO7. The number of allylic oxidation sites excluding steroid dienone is 1. The van der Waals surface area contributed by atoms with E-state index in [1.165, 1.54) is 64.2 Å². The van der Waals surface area contributed by atoms with E-state index in [2.05, 4.69) is 6.92 Å². The lowest BCUT2D eigenvalue weighted by molar-refractivity contribution is -0.302. The van der Waals surface area contributed by atoms with Crippen LogP contribution in [0.25, 0.3) is 0 Å². The summed E-state index contributed by atoms with van der Waals surface area (Å²) in [5.74, 6) is 0. The Hall–Kier alpha value is -0.580. The molecule has 0 radical (unpaired) electrons. The molecule has 0 aromatic carbocycles. The maximum atomic E-state index is 10.2. The molecule has 0 amide bonds. The summed E-state index contributed by atoms with van der Waals surface area (Å²) in [7, 11) is 0. The first-order valence-electron chi connectivity index (χ1n) is 12.4. The second kappa shape index (κ2) is 17.8. The molecule has 7 atom stereocenters. The molecule has 1 fully saturated rings. The number of hydrogen-bond donors (Lipinski definition) is 6. The van der Waals surface area contributed by atoms with E-state index in [9.17, 15) is 25.5 Å². The number of aliphatic hydroxyl groups is 5. The minimum atomic E-state index is -1.50. The van der Waals surface area contributed by atoms with Crippen molar-refractivity contribution in [3.8, 4) is 0 Å². The van der Waals surface area contributed by atoms with Gasteiger partial charge in [-0.05, 0) is 12.8 Å². The summed E-state index contributed by atoms with van der Waals surface area (Å²) in [5, 5.41) is 48.8. The Labute approximate surface area is 193 Å². The molecule has 8 nitrogen and oxygen atoms in total. The van der Waals surface area contributed by atoms with Crippen molar-refractivity contribution >= 4 is 0 Å². The van der Waals surface area contributed by atoms with Gasteiger partial charge in [0.25, 0.3) is 0 Å². The van der Waals surface area contributed by atoms with E-state index in [1.807, 2.05) is 6.08 Å². The van der Waals surface area contributed by atoms with Gasteiger partial charge in [-0.1, -0.05) is 83.3 Å². The van der Waals surface area contributed by atoms with Gasteiger partial charge >= 0.3 is 0 Å². The highest BCUT2D eigenvalue weighted by Crippen LogP contribution is 2.22.